The molecule has 1 amide bonds. The lowest BCUT2D eigenvalue weighted by molar-refractivity contribution is 0.0696. The predicted octanol–water partition coefficient (Wildman–Crippen LogP) is 2.93. The van der Waals surface area contributed by atoms with Crippen LogP contribution < -0.4 is 5.32 Å². The standard InChI is InChI=1S/C17H17NO3/c1-11-3-8-15(12(2)9-11)16(19)18-10-13-4-6-14(7-5-13)17(20)21/h3-9H,10H2,1-2H3,(H,18,19)(H,20,21). The fourth-order valence-corrected chi connectivity index (χ4v) is 2.11. The third-order valence-corrected chi connectivity index (χ3v) is 3.28. The Balaban J connectivity index is 2.02. The third-order valence-electron chi connectivity index (χ3n) is 3.28. The van der Waals surface area contributed by atoms with Crippen molar-refractivity contribution in [3.8, 4) is 0 Å². The van der Waals surface area contributed by atoms with Gasteiger partial charge in [0.05, 0.1) is 5.56 Å². The molecule has 4 nitrogen and oxygen atoms in total. The number of carbonyl (C=O) groups excluding carboxylic acids is 1. The Morgan fingerprint density at radius 1 is 1.05 bits per heavy atom. The summed E-state index contributed by atoms with van der Waals surface area (Å²) in [6.45, 7) is 4.26. The second-order valence-electron chi connectivity index (χ2n) is 5.00. The van der Waals surface area contributed by atoms with Crippen LogP contribution in [-0.4, -0.2) is 17.0 Å². The van der Waals surface area contributed by atoms with Crippen molar-refractivity contribution in [3.63, 3.8) is 0 Å². The van der Waals surface area contributed by atoms with E-state index in [1.165, 1.54) is 12.1 Å². The molecule has 0 spiro atoms. The molecule has 108 valence electrons. The van der Waals surface area contributed by atoms with Gasteiger partial charge in [0.1, 0.15) is 0 Å². The molecular weight excluding hydrogens is 266 g/mol. The number of hydrogen-bond acceptors (Lipinski definition) is 2. The van der Waals surface area contributed by atoms with Crippen molar-refractivity contribution in [1.29, 1.82) is 0 Å². The molecule has 0 heterocycles. The first-order valence-electron chi connectivity index (χ1n) is 6.65. The number of nitrogens with one attached hydrogen (secondary N) is 1. The van der Waals surface area contributed by atoms with Gasteiger partial charge < -0.3 is 10.4 Å². The first-order valence-corrected chi connectivity index (χ1v) is 6.65. The third kappa shape index (κ3) is 3.69. The van der Waals surface area contributed by atoms with Crippen LogP contribution in [0, 0.1) is 13.8 Å². The maximum Gasteiger partial charge on any atom is 0.335 e. The molecule has 2 rings (SSSR count). The molecule has 0 atom stereocenters. The van der Waals surface area contributed by atoms with Crippen LogP contribution >= 0.6 is 0 Å². The molecule has 0 aromatic heterocycles. The largest absolute Gasteiger partial charge is 0.478 e. The molecule has 2 aromatic rings. The van der Waals surface area contributed by atoms with Gasteiger partial charge in [0.2, 0.25) is 0 Å². The first kappa shape index (κ1) is 14.8. The van der Waals surface area contributed by atoms with E-state index in [2.05, 4.69) is 5.32 Å². The fraction of sp³-hybridized carbons (Fsp3) is 0.176. The van der Waals surface area contributed by atoms with Crippen molar-refractivity contribution in [2.75, 3.05) is 0 Å². The molecule has 0 bridgehead atoms. The molecule has 21 heavy (non-hydrogen) atoms. The molecule has 0 aliphatic carbocycles. The normalized spacial score (nSPS) is 10.2. The van der Waals surface area contributed by atoms with Crippen molar-refractivity contribution >= 4 is 11.9 Å². The quantitative estimate of drug-likeness (QED) is 0.906. The van der Waals surface area contributed by atoms with E-state index < -0.39 is 5.97 Å². The average Bonchev–Trinajstić information content (AvgIpc) is 2.45. The zero-order valence-corrected chi connectivity index (χ0v) is 12.0. The van der Waals surface area contributed by atoms with E-state index in [0.29, 0.717) is 12.1 Å². The van der Waals surface area contributed by atoms with Gasteiger partial charge in [-0.15, -0.1) is 0 Å². The highest BCUT2D eigenvalue weighted by atomic mass is 16.4. The lowest BCUT2D eigenvalue weighted by Crippen LogP contribution is -2.23. The predicted molar refractivity (Wildman–Crippen MR) is 80.5 cm³/mol. The maximum absolute atomic E-state index is 12.1. The number of amides is 1. The molecule has 0 unspecified atom stereocenters. The van der Waals surface area contributed by atoms with Crippen molar-refractivity contribution in [1.82, 2.24) is 5.32 Å². The topological polar surface area (TPSA) is 66.4 Å². The lowest BCUT2D eigenvalue weighted by atomic mass is 10.1. The SMILES string of the molecule is Cc1ccc(C(=O)NCc2ccc(C(=O)O)cc2)c(C)c1. The Morgan fingerprint density at radius 3 is 2.29 bits per heavy atom. The molecule has 2 aromatic carbocycles. The number of aryl methyl sites for hydroxylation is 2. The number of aromatic carboxylic acids is 1. The van der Waals surface area contributed by atoms with Crippen LogP contribution in [0.15, 0.2) is 42.5 Å². The minimum atomic E-state index is -0.958. The summed E-state index contributed by atoms with van der Waals surface area (Å²) < 4.78 is 0. The van der Waals surface area contributed by atoms with E-state index in [-0.39, 0.29) is 11.5 Å². The minimum Gasteiger partial charge on any atom is -0.478 e. The Morgan fingerprint density at radius 2 is 1.71 bits per heavy atom. The van der Waals surface area contributed by atoms with Gasteiger partial charge in [-0.3, -0.25) is 4.79 Å². The summed E-state index contributed by atoms with van der Waals surface area (Å²) in [5.74, 6) is -1.09. The summed E-state index contributed by atoms with van der Waals surface area (Å²) >= 11 is 0. The first-order chi connectivity index (χ1) is 9.97. The second-order valence-corrected chi connectivity index (χ2v) is 5.00. The van der Waals surface area contributed by atoms with Gasteiger partial charge in [0, 0.05) is 12.1 Å². The van der Waals surface area contributed by atoms with Crippen LogP contribution in [0.5, 0.6) is 0 Å². The highest BCUT2D eigenvalue weighted by Gasteiger charge is 2.09. The minimum absolute atomic E-state index is 0.130. The average molecular weight is 283 g/mol. The highest BCUT2D eigenvalue weighted by Crippen LogP contribution is 2.11. The van der Waals surface area contributed by atoms with E-state index in [1.807, 2.05) is 32.0 Å². The van der Waals surface area contributed by atoms with E-state index >= 15 is 0 Å². The van der Waals surface area contributed by atoms with Crippen molar-refractivity contribution in [3.05, 3.63) is 70.3 Å². The molecule has 0 fully saturated rings. The molecule has 2 N–H and O–H groups in total. The molecule has 0 aliphatic rings. The fourth-order valence-electron chi connectivity index (χ4n) is 2.11. The van der Waals surface area contributed by atoms with Crippen LogP contribution in [0.1, 0.15) is 37.4 Å². The summed E-state index contributed by atoms with van der Waals surface area (Å²) in [7, 11) is 0. The number of carboxylic acids is 1. The van der Waals surface area contributed by atoms with Gasteiger partial charge in [0.25, 0.3) is 5.91 Å². The van der Waals surface area contributed by atoms with Crippen molar-refractivity contribution in [2.24, 2.45) is 0 Å². The maximum atomic E-state index is 12.1. The van der Waals surface area contributed by atoms with Gasteiger partial charge in [-0.2, -0.15) is 0 Å². The Hall–Kier alpha value is -2.62. The van der Waals surface area contributed by atoms with E-state index in [4.69, 9.17) is 5.11 Å². The molecule has 0 aliphatic heterocycles. The van der Waals surface area contributed by atoms with E-state index in [0.717, 1.165) is 16.7 Å². The van der Waals surface area contributed by atoms with Crippen molar-refractivity contribution in [2.45, 2.75) is 20.4 Å². The van der Waals surface area contributed by atoms with E-state index in [1.54, 1.807) is 12.1 Å². The monoisotopic (exact) mass is 283 g/mol. The summed E-state index contributed by atoms with van der Waals surface area (Å²) in [6, 6.07) is 12.1. The van der Waals surface area contributed by atoms with Gasteiger partial charge >= 0.3 is 5.97 Å². The van der Waals surface area contributed by atoms with Gasteiger partial charge in [-0.25, -0.2) is 4.79 Å². The molecule has 4 heteroatoms. The number of carboxylic acid groups (broad SMARTS) is 1. The molecule has 0 saturated carbocycles. The van der Waals surface area contributed by atoms with Crippen LogP contribution in [0.25, 0.3) is 0 Å². The highest BCUT2D eigenvalue weighted by molar-refractivity contribution is 5.95. The van der Waals surface area contributed by atoms with Crippen LogP contribution in [0.4, 0.5) is 0 Å². The smallest absolute Gasteiger partial charge is 0.335 e. The molecule has 0 saturated heterocycles. The van der Waals surface area contributed by atoms with Gasteiger partial charge in [-0.1, -0.05) is 29.8 Å². The zero-order chi connectivity index (χ0) is 15.4. The van der Waals surface area contributed by atoms with Gasteiger partial charge in [-0.05, 0) is 43.2 Å². The van der Waals surface area contributed by atoms with Gasteiger partial charge in [0.15, 0.2) is 0 Å². The summed E-state index contributed by atoms with van der Waals surface area (Å²) in [4.78, 5) is 22.9. The summed E-state index contributed by atoms with van der Waals surface area (Å²) in [5.41, 5.74) is 3.81. The second kappa shape index (κ2) is 6.22. The summed E-state index contributed by atoms with van der Waals surface area (Å²) in [5, 5.41) is 11.7. The number of carbonyl (C=O) groups is 2. The Labute approximate surface area is 123 Å². The molecular formula is C17H17NO3. The Bertz CT molecular complexity index is 675. The summed E-state index contributed by atoms with van der Waals surface area (Å²) in [6.07, 6.45) is 0. The van der Waals surface area contributed by atoms with Crippen LogP contribution in [0.3, 0.4) is 0 Å². The van der Waals surface area contributed by atoms with Crippen LogP contribution in [-0.2, 0) is 6.54 Å². The van der Waals surface area contributed by atoms with Crippen molar-refractivity contribution < 1.29 is 14.7 Å². The van der Waals surface area contributed by atoms with E-state index in [9.17, 15) is 9.59 Å². The lowest BCUT2D eigenvalue weighted by Gasteiger charge is -2.08. The van der Waals surface area contributed by atoms with Crippen LogP contribution in [0.2, 0.25) is 0 Å². The Kier molecular flexibility index (Phi) is 4.38. The number of benzene rings is 2. The molecule has 0 radical (unpaired) electrons. The zero-order valence-electron chi connectivity index (χ0n) is 12.0. The number of hydrogen-bond donors (Lipinski definition) is 2. The number of rotatable bonds is 4.